The lowest BCUT2D eigenvalue weighted by atomic mass is 10.1. The Kier molecular flexibility index (Phi) is 6.01. The van der Waals surface area contributed by atoms with Gasteiger partial charge in [0.1, 0.15) is 0 Å². The molecule has 2 amide bonds. The van der Waals surface area contributed by atoms with Gasteiger partial charge in [-0.1, -0.05) is 36.2 Å². The third kappa shape index (κ3) is 4.61. The van der Waals surface area contributed by atoms with Crippen molar-refractivity contribution in [1.29, 1.82) is 0 Å². The highest BCUT2D eigenvalue weighted by Crippen LogP contribution is 2.30. The Hall–Kier alpha value is -2.53. The molecule has 2 aromatic carbocycles. The molecule has 0 radical (unpaired) electrons. The predicted octanol–water partition coefficient (Wildman–Crippen LogP) is 3.96. The van der Waals surface area contributed by atoms with Gasteiger partial charge in [0.05, 0.1) is 11.4 Å². The highest BCUT2D eigenvalue weighted by atomic mass is 35.5. The van der Waals surface area contributed by atoms with Gasteiger partial charge in [-0.05, 0) is 37.3 Å². The van der Waals surface area contributed by atoms with Gasteiger partial charge in [0.2, 0.25) is 5.91 Å². The number of hydrogen-bond acceptors (Lipinski definition) is 3. The van der Waals surface area contributed by atoms with E-state index in [-0.39, 0.29) is 11.8 Å². The minimum atomic E-state index is -0.168. The van der Waals surface area contributed by atoms with Crippen LogP contribution in [0.15, 0.2) is 42.5 Å². The molecule has 0 spiro atoms. The standard InChI is InChI=1S/C21H24ClN3O2/c1-3-20(26)25-12-10-24(11-13-25)19-9-8-17(22)14-18(19)23-21(27)16-6-4-15(2)5-7-16/h4-9,14H,3,10-13H2,1-2H3,(H,23,27). The lowest BCUT2D eigenvalue weighted by molar-refractivity contribution is -0.131. The number of hydrogen-bond donors (Lipinski definition) is 1. The van der Waals surface area contributed by atoms with Crippen molar-refractivity contribution in [2.45, 2.75) is 20.3 Å². The molecule has 3 rings (SSSR count). The Bertz CT molecular complexity index is 828. The number of halogens is 1. The Morgan fingerprint density at radius 3 is 2.33 bits per heavy atom. The van der Waals surface area contributed by atoms with Crippen LogP contribution in [0.1, 0.15) is 29.3 Å². The number of anilines is 2. The Morgan fingerprint density at radius 2 is 1.70 bits per heavy atom. The maximum absolute atomic E-state index is 12.6. The first kappa shape index (κ1) is 19.2. The summed E-state index contributed by atoms with van der Waals surface area (Å²) in [4.78, 5) is 28.6. The third-order valence-electron chi connectivity index (χ3n) is 4.80. The summed E-state index contributed by atoms with van der Waals surface area (Å²) in [5.74, 6) is 0.0111. The molecule has 0 aliphatic carbocycles. The number of nitrogens with one attached hydrogen (secondary N) is 1. The van der Waals surface area contributed by atoms with Crippen LogP contribution in [0, 0.1) is 6.92 Å². The van der Waals surface area contributed by atoms with E-state index in [4.69, 9.17) is 11.6 Å². The number of amides is 2. The number of piperazine rings is 1. The zero-order chi connectivity index (χ0) is 19.4. The minimum Gasteiger partial charge on any atom is -0.366 e. The van der Waals surface area contributed by atoms with Gasteiger partial charge in [-0.2, -0.15) is 0 Å². The first-order valence-electron chi connectivity index (χ1n) is 9.18. The molecule has 1 aliphatic rings. The van der Waals surface area contributed by atoms with Gasteiger partial charge in [-0.3, -0.25) is 9.59 Å². The Labute approximate surface area is 164 Å². The molecule has 1 saturated heterocycles. The molecule has 142 valence electrons. The van der Waals surface area contributed by atoms with E-state index in [0.29, 0.717) is 35.8 Å². The van der Waals surface area contributed by atoms with Crippen LogP contribution in [0.3, 0.4) is 0 Å². The van der Waals surface area contributed by atoms with Gasteiger partial charge in [0.25, 0.3) is 5.91 Å². The number of rotatable bonds is 4. The summed E-state index contributed by atoms with van der Waals surface area (Å²) in [6.45, 7) is 6.68. The quantitative estimate of drug-likeness (QED) is 0.866. The van der Waals surface area contributed by atoms with Gasteiger partial charge in [-0.15, -0.1) is 0 Å². The number of aryl methyl sites for hydroxylation is 1. The zero-order valence-electron chi connectivity index (χ0n) is 15.7. The SMILES string of the molecule is CCC(=O)N1CCN(c2ccc(Cl)cc2NC(=O)c2ccc(C)cc2)CC1. The van der Waals surface area contributed by atoms with Crippen LogP contribution >= 0.6 is 11.6 Å². The molecule has 27 heavy (non-hydrogen) atoms. The van der Waals surface area contributed by atoms with Gasteiger partial charge in [0, 0.05) is 43.2 Å². The molecule has 0 bridgehead atoms. The number of nitrogens with zero attached hydrogens (tertiary/aromatic N) is 2. The van der Waals surface area contributed by atoms with Gasteiger partial charge in [0.15, 0.2) is 0 Å². The Morgan fingerprint density at radius 1 is 1.04 bits per heavy atom. The van der Waals surface area contributed by atoms with Crippen molar-refractivity contribution in [3.63, 3.8) is 0 Å². The van der Waals surface area contributed by atoms with Crippen LogP contribution in [0.2, 0.25) is 5.02 Å². The maximum atomic E-state index is 12.6. The fraction of sp³-hybridized carbons (Fsp3) is 0.333. The van der Waals surface area contributed by atoms with E-state index in [9.17, 15) is 9.59 Å². The number of benzene rings is 2. The summed E-state index contributed by atoms with van der Waals surface area (Å²) in [6.07, 6.45) is 0.527. The van der Waals surface area contributed by atoms with Crippen LogP contribution in [-0.2, 0) is 4.79 Å². The van der Waals surface area contributed by atoms with Crippen molar-refractivity contribution in [3.8, 4) is 0 Å². The summed E-state index contributed by atoms with van der Waals surface area (Å²) in [5, 5.41) is 3.55. The smallest absolute Gasteiger partial charge is 0.255 e. The van der Waals surface area contributed by atoms with Crippen molar-refractivity contribution in [2.75, 3.05) is 36.4 Å². The van der Waals surface area contributed by atoms with E-state index in [0.717, 1.165) is 24.3 Å². The molecule has 1 N–H and O–H groups in total. The van der Waals surface area contributed by atoms with Crippen molar-refractivity contribution in [2.24, 2.45) is 0 Å². The largest absolute Gasteiger partial charge is 0.366 e. The molecule has 1 fully saturated rings. The summed E-state index contributed by atoms with van der Waals surface area (Å²) in [7, 11) is 0. The predicted molar refractivity (Wildman–Crippen MR) is 110 cm³/mol. The van der Waals surface area contributed by atoms with Gasteiger partial charge >= 0.3 is 0 Å². The summed E-state index contributed by atoms with van der Waals surface area (Å²) in [6, 6.07) is 13.0. The fourth-order valence-corrected chi connectivity index (χ4v) is 3.38. The van der Waals surface area contributed by atoms with Crippen molar-refractivity contribution < 1.29 is 9.59 Å². The molecule has 0 saturated carbocycles. The normalized spacial score (nSPS) is 14.2. The highest BCUT2D eigenvalue weighted by molar-refractivity contribution is 6.31. The van der Waals surface area contributed by atoms with Crippen LogP contribution in [0.5, 0.6) is 0 Å². The van der Waals surface area contributed by atoms with Crippen LogP contribution in [-0.4, -0.2) is 42.9 Å². The first-order chi connectivity index (χ1) is 13.0. The summed E-state index contributed by atoms with van der Waals surface area (Å²) < 4.78 is 0. The van der Waals surface area contributed by atoms with E-state index < -0.39 is 0 Å². The molecular formula is C21H24ClN3O2. The monoisotopic (exact) mass is 385 g/mol. The second-order valence-corrected chi connectivity index (χ2v) is 7.14. The van der Waals surface area contributed by atoms with Crippen molar-refractivity contribution in [1.82, 2.24) is 4.90 Å². The van der Waals surface area contributed by atoms with Crippen molar-refractivity contribution in [3.05, 3.63) is 58.6 Å². The Balaban J connectivity index is 1.76. The number of carbonyl (C=O) groups is 2. The molecule has 0 unspecified atom stereocenters. The molecule has 1 heterocycles. The fourth-order valence-electron chi connectivity index (χ4n) is 3.20. The summed E-state index contributed by atoms with van der Waals surface area (Å²) in [5.41, 5.74) is 3.31. The minimum absolute atomic E-state index is 0.168. The lowest BCUT2D eigenvalue weighted by Gasteiger charge is -2.37. The first-order valence-corrected chi connectivity index (χ1v) is 9.56. The molecule has 1 aliphatic heterocycles. The lowest BCUT2D eigenvalue weighted by Crippen LogP contribution is -2.48. The maximum Gasteiger partial charge on any atom is 0.255 e. The van der Waals surface area contributed by atoms with E-state index in [2.05, 4.69) is 10.2 Å². The van der Waals surface area contributed by atoms with Gasteiger partial charge < -0.3 is 15.1 Å². The van der Waals surface area contributed by atoms with E-state index in [1.807, 2.05) is 55.1 Å². The molecule has 6 heteroatoms. The average Bonchev–Trinajstić information content (AvgIpc) is 2.68. The number of carbonyl (C=O) groups excluding carboxylic acids is 2. The van der Waals surface area contributed by atoms with Crippen LogP contribution in [0.25, 0.3) is 0 Å². The summed E-state index contributed by atoms with van der Waals surface area (Å²) >= 11 is 6.17. The second kappa shape index (κ2) is 8.44. The molecule has 0 aromatic heterocycles. The van der Waals surface area contributed by atoms with Crippen molar-refractivity contribution >= 4 is 34.8 Å². The van der Waals surface area contributed by atoms with Crippen LogP contribution in [0.4, 0.5) is 11.4 Å². The molecular weight excluding hydrogens is 362 g/mol. The van der Waals surface area contributed by atoms with Gasteiger partial charge in [-0.25, -0.2) is 0 Å². The highest BCUT2D eigenvalue weighted by Gasteiger charge is 2.22. The molecule has 0 atom stereocenters. The van der Waals surface area contributed by atoms with E-state index in [1.54, 1.807) is 6.07 Å². The second-order valence-electron chi connectivity index (χ2n) is 6.70. The third-order valence-corrected chi connectivity index (χ3v) is 5.03. The van der Waals surface area contributed by atoms with Crippen LogP contribution < -0.4 is 10.2 Å². The topological polar surface area (TPSA) is 52.7 Å². The average molecular weight is 386 g/mol. The molecule has 2 aromatic rings. The van der Waals surface area contributed by atoms with E-state index in [1.165, 1.54) is 0 Å². The zero-order valence-corrected chi connectivity index (χ0v) is 16.4. The van der Waals surface area contributed by atoms with E-state index >= 15 is 0 Å². The molecule has 5 nitrogen and oxygen atoms in total.